The molecule has 0 spiro atoms. The van der Waals surface area contributed by atoms with Gasteiger partial charge < -0.3 is 15.5 Å². The Kier molecular flexibility index (Phi) is 4.80. The summed E-state index contributed by atoms with van der Waals surface area (Å²) in [5.74, 6) is -0.862. The van der Waals surface area contributed by atoms with Crippen molar-refractivity contribution in [3.8, 4) is 0 Å². The largest absolute Gasteiger partial charge is 0.338 e. The number of halogens is 2. The molecular weight excluding hydrogens is 297 g/mol. The maximum Gasteiger partial charge on any atom is 0.255 e. The van der Waals surface area contributed by atoms with Crippen molar-refractivity contribution in [2.45, 2.75) is 13.0 Å². The molecular formula is C14H17ClFN3O2. The van der Waals surface area contributed by atoms with Crippen LogP contribution in [0.2, 0.25) is 5.02 Å². The first-order chi connectivity index (χ1) is 9.90. The first-order valence-corrected chi connectivity index (χ1v) is 7.06. The fourth-order valence-corrected chi connectivity index (χ4v) is 2.50. The second-order valence-electron chi connectivity index (χ2n) is 5.03. The molecule has 2 amide bonds. The summed E-state index contributed by atoms with van der Waals surface area (Å²) in [6, 6.07) is 3.15. The zero-order valence-electron chi connectivity index (χ0n) is 11.7. The van der Waals surface area contributed by atoms with Crippen molar-refractivity contribution in [2.75, 3.05) is 26.2 Å². The fraction of sp³-hybridized carbons (Fsp3) is 0.429. The van der Waals surface area contributed by atoms with E-state index in [0.717, 1.165) is 6.07 Å². The van der Waals surface area contributed by atoms with Crippen molar-refractivity contribution in [1.82, 2.24) is 9.80 Å². The highest BCUT2D eigenvalue weighted by Gasteiger charge is 2.27. The maximum atomic E-state index is 13.0. The molecule has 1 aromatic rings. The molecule has 0 radical (unpaired) electrons. The van der Waals surface area contributed by atoms with Gasteiger partial charge in [0.25, 0.3) is 5.91 Å². The SMILES string of the molecule is C[C@@H](N)C(=O)N1CCN(C(=O)c2ccc(F)cc2Cl)CC1. The Labute approximate surface area is 127 Å². The number of nitrogens with two attached hydrogens (primary N) is 1. The van der Waals surface area contributed by atoms with Crippen molar-refractivity contribution in [3.05, 3.63) is 34.6 Å². The van der Waals surface area contributed by atoms with Gasteiger partial charge in [-0.05, 0) is 25.1 Å². The zero-order valence-corrected chi connectivity index (χ0v) is 12.4. The monoisotopic (exact) mass is 313 g/mol. The molecule has 1 aromatic carbocycles. The standard InChI is InChI=1S/C14H17ClFN3O2/c1-9(17)13(20)18-4-6-19(7-5-18)14(21)11-3-2-10(16)8-12(11)15/h2-3,8-9H,4-7,17H2,1H3/t9-/m1/s1. The predicted molar refractivity (Wildman–Crippen MR) is 77.5 cm³/mol. The summed E-state index contributed by atoms with van der Waals surface area (Å²) in [7, 11) is 0. The molecule has 0 aromatic heterocycles. The van der Waals surface area contributed by atoms with Crippen LogP contribution in [0.4, 0.5) is 4.39 Å². The zero-order chi connectivity index (χ0) is 15.6. The van der Waals surface area contributed by atoms with Gasteiger partial charge in [-0.15, -0.1) is 0 Å². The quantitative estimate of drug-likeness (QED) is 0.889. The Morgan fingerprint density at radius 2 is 1.81 bits per heavy atom. The summed E-state index contributed by atoms with van der Waals surface area (Å²) >= 11 is 5.90. The van der Waals surface area contributed by atoms with Crippen LogP contribution in [0.25, 0.3) is 0 Å². The molecule has 2 N–H and O–H groups in total. The summed E-state index contributed by atoms with van der Waals surface area (Å²) in [6.45, 7) is 3.32. The number of piperazine rings is 1. The van der Waals surface area contributed by atoms with Gasteiger partial charge >= 0.3 is 0 Å². The van der Waals surface area contributed by atoms with E-state index in [1.165, 1.54) is 12.1 Å². The van der Waals surface area contributed by atoms with Gasteiger partial charge in [0.1, 0.15) is 5.82 Å². The van der Waals surface area contributed by atoms with Crippen LogP contribution in [0.15, 0.2) is 18.2 Å². The summed E-state index contributed by atoms with van der Waals surface area (Å²) in [5.41, 5.74) is 5.83. The number of carbonyl (C=O) groups is 2. The third-order valence-corrected chi connectivity index (χ3v) is 3.74. The third kappa shape index (κ3) is 3.51. The van der Waals surface area contributed by atoms with Crippen LogP contribution in [-0.2, 0) is 4.79 Å². The Morgan fingerprint density at radius 1 is 1.24 bits per heavy atom. The lowest BCUT2D eigenvalue weighted by Gasteiger charge is -2.35. The molecule has 7 heteroatoms. The highest BCUT2D eigenvalue weighted by atomic mass is 35.5. The van der Waals surface area contributed by atoms with Crippen molar-refractivity contribution in [3.63, 3.8) is 0 Å². The molecule has 114 valence electrons. The van der Waals surface area contributed by atoms with Gasteiger partial charge in [0.05, 0.1) is 16.6 Å². The Morgan fingerprint density at radius 3 is 2.33 bits per heavy atom. The molecule has 1 aliphatic rings. The van der Waals surface area contributed by atoms with Gasteiger partial charge in [-0.25, -0.2) is 4.39 Å². The van der Waals surface area contributed by atoms with E-state index in [0.29, 0.717) is 26.2 Å². The molecule has 0 aliphatic carbocycles. The summed E-state index contributed by atoms with van der Waals surface area (Å²) < 4.78 is 13.0. The molecule has 1 heterocycles. The minimum atomic E-state index is -0.543. The van der Waals surface area contributed by atoms with E-state index in [4.69, 9.17) is 17.3 Å². The van der Waals surface area contributed by atoms with Crippen LogP contribution in [0, 0.1) is 5.82 Å². The van der Waals surface area contributed by atoms with Gasteiger partial charge in [-0.1, -0.05) is 11.6 Å². The molecule has 1 fully saturated rings. The van der Waals surface area contributed by atoms with E-state index in [-0.39, 0.29) is 22.4 Å². The highest BCUT2D eigenvalue weighted by Crippen LogP contribution is 2.20. The van der Waals surface area contributed by atoms with E-state index in [9.17, 15) is 14.0 Å². The van der Waals surface area contributed by atoms with Gasteiger partial charge in [0.15, 0.2) is 0 Å². The van der Waals surface area contributed by atoms with Crippen LogP contribution in [-0.4, -0.2) is 53.8 Å². The molecule has 0 unspecified atom stereocenters. The van der Waals surface area contributed by atoms with Crippen LogP contribution < -0.4 is 5.73 Å². The van der Waals surface area contributed by atoms with Crippen molar-refractivity contribution < 1.29 is 14.0 Å². The number of amides is 2. The molecule has 21 heavy (non-hydrogen) atoms. The minimum Gasteiger partial charge on any atom is -0.338 e. The maximum absolute atomic E-state index is 13.0. The van der Waals surface area contributed by atoms with Crippen LogP contribution in [0.3, 0.4) is 0 Å². The van der Waals surface area contributed by atoms with Gasteiger partial charge in [-0.2, -0.15) is 0 Å². The van der Waals surface area contributed by atoms with E-state index >= 15 is 0 Å². The Hall–Kier alpha value is -1.66. The van der Waals surface area contributed by atoms with E-state index in [1.54, 1.807) is 16.7 Å². The first kappa shape index (κ1) is 15.7. The lowest BCUT2D eigenvalue weighted by molar-refractivity contribution is -0.133. The second-order valence-corrected chi connectivity index (χ2v) is 5.44. The van der Waals surface area contributed by atoms with Crippen molar-refractivity contribution in [2.24, 2.45) is 5.73 Å². The van der Waals surface area contributed by atoms with Crippen LogP contribution in [0.5, 0.6) is 0 Å². The van der Waals surface area contributed by atoms with E-state index in [1.807, 2.05) is 0 Å². The fourth-order valence-electron chi connectivity index (χ4n) is 2.25. The topological polar surface area (TPSA) is 66.6 Å². The van der Waals surface area contributed by atoms with Crippen LogP contribution >= 0.6 is 11.6 Å². The molecule has 5 nitrogen and oxygen atoms in total. The van der Waals surface area contributed by atoms with Crippen molar-refractivity contribution in [1.29, 1.82) is 0 Å². The Bertz CT molecular complexity index is 557. The third-order valence-electron chi connectivity index (χ3n) is 3.43. The summed E-state index contributed by atoms with van der Waals surface area (Å²) in [4.78, 5) is 27.3. The van der Waals surface area contributed by atoms with E-state index in [2.05, 4.69) is 0 Å². The number of benzene rings is 1. The molecule has 0 saturated carbocycles. The lowest BCUT2D eigenvalue weighted by atomic mass is 10.1. The molecule has 1 aliphatic heterocycles. The molecule has 1 saturated heterocycles. The first-order valence-electron chi connectivity index (χ1n) is 6.69. The van der Waals surface area contributed by atoms with Gasteiger partial charge in [0, 0.05) is 26.2 Å². The summed E-state index contributed by atoms with van der Waals surface area (Å²) in [5, 5.41) is 0.0917. The highest BCUT2D eigenvalue weighted by molar-refractivity contribution is 6.33. The number of rotatable bonds is 2. The Balaban J connectivity index is 2.02. The number of hydrogen-bond acceptors (Lipinski definition) is 3. The average Bonchev–Trinajstić information content (AvgIpc) is 2.46. The average molecular weight is 314 g/mol. The second kappa shape index (κ2) is 6.41. The molecule has 2 rings (SSSR count). The summed E-state index contributed by atoms with van der Waals surface area (Å²) in [6.07, 6.45) is 0. The van der Waals surface area contributed by atoms with Crippen molar-refractivity contribution >= 4 is 23.4 Å². The van der Waals surface area contributed by atoms with E-state index < -0.39 is 11.9 Å². The van der Waals surface area contributed by atoms with Crippen LogP contribution in [0.1, 0.15) is 17.3 Å². The number of carbonyl (C=O) groups excluding carboxylic acids is 2. The molecule has 1 atom stereocenters. The molecule has 0 bridgehead atoms. The lowest BCUT2D eigenvalue weighted by Crippen LogP contribution is -2.53. The predicted octanol–water partition coefficient (Wildman–Crippen LogP) is 1.11. The smallest absolute Gasteiger partial charge is 0.255 e. The van der Waals surface area contributed by atoms with Gasteiger partial charge in [-0.3, -0.25) is 9.59 Å². The normalized spacial score (nSPS) is 16.8. The van der Waals surface area contributed by atoms with Gasteiger partial charge in [0.2, 0.25) is 5.91 Å². The minimum absolute atomic E-state index is 0.0917. The number of nitrogens with zero attached hydrogens (tertiary/aromatic N) is 2. The number of hydrogen-bond donors (Lipinski definition) is 1.